The first-order chi connectivity index (χ1) is 12.0. The number of aliphatic imine (C=N–C) groups is 1. The van der Waals surface area contributed by atoms with Crippen LogP contribution in [0.2, 0.25) is 0 Å². The molecule has 0 amide bonds. The van der Waals surface area contributed by atoms with Crippen LogP contribution < -0.4 is 10.6 Å². The average Bonchev–Trinajstić information content (AvgIpc) is 2.59. The highest BCUT2D eigenvalue weighted by Crippen LogP contribution is 2.09. The molecule has 1 rings (SSSR count). The van der Waals surface area contributed by atoms with Crippen molar-refractivity contribution < 1.29 is 13.2 Å². The number of unbranched alkanes of at least 4 members (excludes halogenated alkanes) is 3. The van der Waals surface area contributed by atoms with Gasteiger partial charge in [-0.15, -0.1) is 0 Å². The molecule has 1 aliphatic heterocycles. The van der Waals surface area contributed by atoms with Crippen LogP contribution in [0.3, 0.4) is 0 Å². The second-order valence-corrected chi connectivity index (χ2v) is 8.94. The van der Waals surface area contributed by atoms with Crippen LogP contribution in [-0.4, -0.2) is 70.9 Å². The van der Waals surface area contributed by atoms with E-state index < -0.39 is 10.0 Å². The molecule has 1 aliphatic rings. The van der Waals surface area contributed by atoms with Crippen molar-refractivity contribution in [3.8, 4) is 0 Å². The fourth-order valence-corrected chi connectivity index (χ4v) is 4.03. The van der Waals surface area contributed by atoms with Gasteiger partial charge in [-0.1, -0.05) is 39.5 Å². The van der Waals surface area contributed by atoms with Gasteiger partial charge in [-0.05, 0) is 12.3 Å². The Kier molecular flexibility index (Phi) is 11.1. The molecule has 0 radical (unpaired) electrons. The largest absolute Gasteiger partial charge is 0.379 e. The molecule has 0 unspecified atom stereocenters. The predicted molar refractivity (Wildman–Crippen MR) is 103 cm³/mol. The lowest BCUT2D eigenvalue weighted by molar-refractivity contribution is 0.0730. The molecule has 1 fully saturated rings. The molecular weight excluding hydrogens is 340 g/mol. The minimum Gasteiger partial charge on any atom is -0.379 e. The minimum atomic E-state index is -3.22. The Labute approximate surface area is 153 Å². The molecule has 148 valence electrons. The van der Waals surface area contributed by atoms with E-state index in [9.17, 15) is 8.42 Å². The van der Waals surface area contributed by atoms with Crippen molar-refractivity contribution in [1.29, 1.82) is 0 Å². The second-order valence-electron chi connectivity index (χ2n) is 6.85. The van der Waals surface area contributed by atoms with Crippen LogP contribution in [0.25, 0.3) is 0 Å². The summed E-state index contributed by atoms with van der Waals surface area (Å²) in [5, 5.41) is 6.33. The molecule has 25 heavy (non-hydrogen) atoms. The minimum absolute atomic E-state index is 0.0723. The Bertz CT molecular complexity index is 474. The Balaban J connectivity index is 2.13. The molecule has 8 heteroatoms. The summed E-state index contributed by atoms with van der Waals surface area (Å²) in [6, 6.07) is 0. The molecule has 0 aromatic heterocycles. The van der Waals surface area contributed by atoms with Crippen molar-refractivity contribution in [2.45, 2.75) is 46.0 Å². The van der Waals surface area contributed by atoms with Crippen LogP contribution in [-0.2, 0) is 14.8 Å². The van der Waals surface area contributed by atoms with E-state index in [1.807, 2.05) is 0 Å². The number of hydrogen-bond acceptors (Lipinski definition) is 4. The van der Waals surface area contributed by atoms with Crippen molar-refractivity contribution >= 4 is 16.0 Å². The van der Waals surface area contributed by atoms with Crippen molar-refractivity contribution in [3.63, 3.8) is 0 Å². The van der Waals surface area contributed by atoms with E-state index in [2.05, 4.69) is 29.5 Å². The summed E-state index contributed by atoms with van der Waals surface area (Å²) in [6.45, 7) is 7.59. The number of rotatable bonds is 11. The van der Waals surface area contributed by atoms with Crippen molar-refractivity contribution in [2.24, 2.45) is 10.9 Å². The van der Waals surface area contributed by atoms with Gasteiger partial charge in [0, 0.05) is 33.2 Å². The zero-order valence-corrected chi connectivity index (χ0v) is 16.9. The number of morpholine rings is 1. The van der Waals surface area contributed by atoms with Crippen LogP contribution in [0.4, 0.5) is 0 Å². The van der Waals surface area contributed by atoms with E-state index >= 15 is 0 Å². The van der Waals surface area contributed by atoms with Crippen molar-refractivity contribution in [1.82, 2.24) is 14.9 Å². The molecule has 2 N–H and O–H groups in total. The van der Waals surface area contributed by atoms with Gasteiger partial charge in [0.15, 0.2) is 5.96 Å². The molecule has 1 saturated heterocycles. The van der Waals surface area contributed by atoms with E-state index in [-0.39, 0.29) is 5.75 Å². The maximum absolute atomic E-state index is 12.2. The molecule has 0 aromatic rings. The first-order valence-electron chi connectivity index (χ1n) is 9.46. The van der Waals surface area contributed by atoms with E-state index in [0.717, 1.165) is 18.9 Å². The summed E-state index contributed by atoms with van der Waals surface area (Å²) in [7, 11) is -1.52. The molecular formula is C17H36N4O3S. The van der Waals surface area contributed by atoms with Crippen molar-refractivity contribution in [3.05, 3.63) is 0 Å². The lowest BCUT2D eigenvalue weighted by atomic mass is 10.0. The fraction of sp³-hybridized carbons (Fsp3) is 0.941. The highest BCUT2D eigenvalue weighted by atomic mass is 32.2. The molecule has 0 saturated carbocycles. The zero-order valence-electron chi connectivity index (χ0n) is 16.1. The molecule has 0 atom stereocenters. The summed E-state index contributed by atoms with van der Waals surface area (Å²) in [5.41, 5.74) is 0. The van der Waals surface area contributed by atoms with Crippen molar-refractivity contribution in [2.75, 3.05) is 52.2 Å². The number of ether oxygens (including phenoxy) is 1. The first kappa shape index (κ1) is 22.2. The average molecular weight is 377 g/mol. The van der Waals surface area contributed by atoms with Crippen LogP contribution >= 0.6 is 0 Å². The number of hydrogen-bond donors (Lipinski definition) is 2. The first-order valence-corrected chi connectivity index (χ1v) is 11.1. The number of sulfonamides is 1. The Morgan fingerprint density at radius 1 is 1.08 bits per heavy atom. The molecule has 0 aromatic carbocycles. The van der Waals surface area contributed by atoms with E-state index in [1.165, 1.54) is 30.0 Å². The quantitative estimate of drug-likeness (QED) is 0.324. The molecule has 7 nitrogen and oxygen atoms in total. The Morgan fingerprint density at radius 2 is 1.72 bits per heavy atom. The summed E-state index contributed by atoms with van der Waals surface area (Å²) in [6.07, 6.45) is 6.18. The predicted octanol–water partition coefficient (Wildman–Crippen LogP) is 1.42. The van der Waals surface area contributed by atoms with Gasteiger partial charge in [0.2, 0.25) is 10.0 Å². The highest BCUT2D eigenvalue weighted by molar-refractivity contribution is 7.89. The Hall–Kier alpha value is -0.860. The summed E-state index contributed by atoms with van der Waals surface area (Å²) in [4.78, 5) is 4.14. The molecule has 0 bridgehead atoms. The highest BCUT2D eigenvalue weighted by Gasteiger charge is 2.23. The summed E-state index contributed by atoms with van der Waals surface area (Å²) in [5.74, 6) is 1.53. The van der Waals surface area contributed by atoms with Gasteiger partial charge in [0.25, 0.3) is 0 Å². The maximum Gasteiger partial charge on any atom is 0.215 e. The SMILES string of the molecule is CN=C(NCCCCCCC(C)C)NCCS(=O)(=O)N1CCOCC1. The lowest BCUT2D eigenvalue weighted by Gasteiger charge is -2.26. The summed E-state index contributed by atoms with van der Waals surface area (Å²) < 4.78 is 31.2. The number of nitrogens with zero attached hydrogens (tertiary/aromatic N) is 2. The van der Waals surface area contributed by atoms with E-state index in [1.54, 1.807) is 7.05 Å². The molecule has 0 aliphatic carbocycles. The fourth-order valence-electron chi connectivity index (χ4n) is 2.71. The third-order valence-electron chi connectivity index (χ3n) is 4.24. The normalized spacial score (nSPS) is 17.0. The van der Waals surface area contributed by atoms with E-state index in [4.69, 9.17) is 4.74 Å². The van der Waals surface area contributed by atoms with Crippen LogP contribution in [0, 0.1) is 5.92 Å². The van der Waals surface area contributed by atoms with Crippen LogP contribution in [0.1, 0.15) is 46.0 Å². The number of nitrogens with one attached hydrogen (secondary N) is 2. The van der Waals surface area contributed by atoms with Crippen LogP contribution in [0.15, 0.2) is 4.99 Å². The van der Waals surface area contributed by atoms with Gasteiger partial charge < -0.3 is 15.4 Å². The van der Waals surface area contributed by atoms with Gasteiger partial charge in [-0.3, -0.25) is 4.99 Å². The van der Waals surface area contributed by atoms with Gasteiger partial charge in [0.1, 0.15) is 0 Å². The number of guanidine groups is 1. The van der Waals surface area contributed by atoms with Gasteiger partial charge >= 0.3 is 0 Å². The van der Waals surface area contributed by atoms with E-state index in [0.29, 0.717) is 38.8 Å². The van der Waals surface area contributed by atoms with Gasteiger partial charge in [0.05, 0.1) is 19.0 Å². The lowest BCUT2D eigenvalue weighted by Crippen LogP contribution is -2.45. The summed E-state index contributed by atoms with van der Waals surface area (Å²) >= 11 is 0. The molecule has 0 spiro atoms. The third kappa shape index (κ3) is 10.0. The topological polar surface area (TPSA) is 83.0 Å². The van der Waals surface area contributed by atoms with Gasteiger partial charge in [-0.25, -0.2) is 8.42 Å². The monoisotopic (exact) mass is 376 g/mol. The standard InChI is InChI=1S/C17H36N4O3S/c1-16(2)8-6-4-5-7-9-19-17(18-3)20-10-15-25(22,23)21-11-13-24-14-12-21/h16H,4-15H2,1-3H3,(H2,18,19,20). The van der Waals surface area contributed by atoms with Gasteiger partial charge in [-0.2, -0.15) is 4.31 Å². The Morgan fingerprint density at radius 3 is 2.36 bits per heavy atom. The third-order valence-corrected chi connectivity index (χ3v) is 6.11. The second kappa shape index (κ2) is 12.5. The zero-order chi connectivity index (χ0) is 18.5. The smallest absolute Gasteiger partial charge is 0.215 e. The molecule has 1 heterocycles. The maximum atomic E-state index is 12.2. The van der Waals surface area contributed by atoms with Crippen LogP contribution in [0.5, 0.6) is 0 Å².